The standard InChI is InChI=1S/C13H12N2O5S/c1-19-8-4-2-3-7(11(8)20-6-10(16)17)5-9-12(18)15-13(14)21-9/h2-5H,6H2,1H3,(H,16,17)(H2,14,15,18)/b9-5-. The fourth-order valence-electron chi connectivity index (χ4n) is 1.66. The second kappa shape index (κ2) is 6.31. The van der Waals surface area contributed by atoms with Gasteiger partial charge in [-0.2, -0.15) is 4.99 Å². The Labute approximate surface area is 124 Å². The number of carboxylic acids is 1. The Hall–Kier alpha value is -2.48. The number of aliphatic carboxylic acids is 1. The van der Waals surface area contributed by atoms with E-state index in [1.165, 1.54) is 13.2 Å². The minimum atomic E-state index is -1.11. The fraction of sp³-hybridized carbons (Fsp3) is 0.154. The number of ether oxygens (including phenoxy) is 2. The number of benzene rings is 1. The SMILES string of the molecule is COc1cccc(/C=C2\SC(N)=NC2=O)c1OCC(=O)O. The van der Waals surface area contributed by atoms with Crippen molar-refractivity contribution in [3.05, 3.63) is 28.7 Å². The van der Waals surface area contributed by atoms with Crippen LogP contribution in [-0.2, 0) is 9.59 Å². The van der Waals surface area contributed by atoms with Gasteiger partial charge in [0.1, 0.15) is 0 Å². The largest absolute Gasteiger partial charge is 0.493 e. The summed E-state index contributed by atoms with van der Waals surface area (Å²) in [6.07, 6.45) is 1.54. The second-order valence-corrected chi connectivity index (χ2v) is 4.99. The van der Waals surface area contributed by atoms with Crippen LogP contribution in [-0.4, -0.2) is 35.9 Å². The van der Waals surface area contributed by atoms with Crippen molar-refractivity contribution in [2.24, 2.45) is 10.7 Å². The average molecular weight is 308 g/mol. The molecule has 7 nitrogen and oxygen atoms in total. The monoisotopic (exact) mass is 308 g/mol. The van der Waals surface area contributed by atoms with Crippen LogP contribution in [0.2, 0.25) is 0 Å². The highest BCUT2D eigenvalue weighted by atomic mass is 32.2. The van der Waals surface area contributed by atoms with E-state index in [0.29, 0.717) is 16.2 Å². The number of hydrogen-bond acceptors (Lipinski definition) is 6. The molecule has 0 aromatic heterocycles. The molecular formula is C13H12N2O5S. The van der Waals surface area contributed by atoms with E-state index in [-0.39, 0.29) is 10.9 Å². The van der Waals surface area contributed by atoms with Gasteiger partial charge >= 0.3 is 5.97 Å². The number of carbonyl (C=O) groups is 2. The summed E-state index contributed by atoms with van der Waals surface area (Å²) in [5.74, 6) is -0.938. The predicted octanol–water partition coefficient (Wildman–Crippen LogP) is 1.09. The van der Waals surface area contributed by atoms with Gasteiger partial charge in [0.05, 0.1) is 12.0 Å². The third kappa shape index (κ3) is 3.54. The molecule has 1 amide bonds. The Morgan fingerprint density at radius 1 is 1.52 bits per heavy atom. The molecule has 0 aliphatic carbocycles. The van der Waals surface area contributed by atoms with E-state index in [2.05, 4.69) is 4.99 Å². The second-order valence-electron chi connectivity index (χ2n) is 3.93. The Bertz CT molecular complexity index is 654. The maximum Gasteiger partial charge on any atom is 0.341 e. The number of nitrogens with two attached hydrogens (primary N) is 1. The predicted molar refractivity (Wildman–Crippen MR) is 78.3 cm³/mol. The summed E-state index contributed by atoms with van der Waals surface area (Å²) in [6.45, 7) is -0.518. The number of thioether (sulfide) groups is 1. The van der Waals surface area contributed by atoms with E-state index in [1.807, 2.05) is 0 Å². The summed E-state index contributed by atoms with van der Waals surface area (Å²) in [6, 6.07) is 5.01. The van der Waals surface area contributed by atoms with E-state index in [9.17, 15) is 9.59 Å². The molecular weight excluding hydrogens is 296 g/mol. The van der Waals surface area contributed by atoms with Crippen molar-refractivity contribution < 1.29 is 24.2 Å². The molecule has 8 heteroatoms. The molecule has 0 bridgehead atoms. The van der Waals surface area contributed by atoms with Crippen LogP contribution in [0.5, 0.6) is 11.5 Å². The Morgan fingerprint density at radius 3 is 2.86 bits per heavy atom. The smallest absolute Gasteiger partial charge is 0.341 e. The first kappa shape index (κ1) is 14.9. The van der Waals surface area contributed by atoms with Crippen molar-refractivity contribution in [2.45, 2.75) is 0 Å². The lowest BCUT2D eigenvalue weighted by Gasteiger charge is -2.12. The van der Waals surface area contributed by atoms with E-state index >= 15 is 0 Å². The molecule has 0 spiro atoms. The molecule has 110 valence electrons. The van der Waals surface area contributed by atoms with Crippen molar-refractivity contribution in [1.82, 2.24) is 0 Å². The molecule has 0 fully saturated rings. The topological polar surface area (TPSA) is 111 Å². The summed E-state index contributed by atoms with van der Waals surface area (Å²) >= 11 is 1.04. The molecule has 1 aromatic rings. The number of para-hydroxylation sites is 1. The summed E-state index contributed by atoms with van der Waals surface area (Å²) < 4.78 is 10.4. The lowest BCUT2D eigenvalue weighted by Crippen LogP contribution is -2.10. The molecule has 0 atom stereocenters. The minimum Gasteiger partial charge on any atom is -0.493 e. The zero-order valence-electron chi connectivity index (χ0n) is 11.0. The summed E-state index contributed by atoms with van der Waals surface area (Å²) in [5, 5.41) is 8.88. The van der Waals surface area contributed by atoms with E-state index in [1.54, 1.807) is 18.2 Å². The number of hydrogen-bond donors (Lipinski definition) is 2. The number of rotatable bonds is 5. The summed E-state index contributed by atoms with van der Waals surface area (Å²) in [7, 11) is 1.44. The van der Waals surface area contributed by atoms with Crippen LogP contribution in [0.25, 0.3) is 6.08 Å². The number of carboxylic acid groups (broad SMARTS) is 1. The highest BCUT2D eigenvalue weighted by Gasteiger charge is 2.21. The van der Waals surface area contributed by atoms with Crippen LogP contribution in [0.15, 0.2) is 28.1 Å². The molecule has 1 heterocycles. The molecule has 1 aliphatic heterocycles. The number of carbonyl (C=O) groups excluding carboxylic acids is 1. The normalized spacial score (nSPS) is 16.0. The van der Waals surface area contributed by atoms with E-state index < -0.39 is 18.5 Å². The fourth-order valence-corrected chi connectivity index (χ4v) is 2.34. The van der Waals surface area contributed by atoms with Gasteiger partial charge in [0.15, 0.2) is 23.3 Å². The number of nitrogens with zero attached hydrogens (tertiary/aromatic N) is 1. The van der Waals surface area contributed by atoms with Gasteiger partial charge in [0.2, 0.25) is 0 Å². The number of amides is 1. The maximum atomic E-state index is 11.6. The number of aliphatic imine (C=N–C) groups is 1. The van der Waals surface area contributed by atoms with Gasteiger partial charge in [-0.15, -0.1) is 0 Å². The van der Waals surface area contributed by atoms with Gasteiger partial charge in [0, 0.05) is 5.56 Å². The zero-order chi connectivity index (χ0) is 15.4. The van der Waals surface area contributed by atoms with Crippen molar-refractivity contribution in [3.8, 4) is 11.5 Å². The lowest BCUT2D eigenvalue weighted by molar-refractivity contribution is -0.139. The summed E-state index contributed by atoms with van der Waals surface area (Å²) in [4.78, 5) is 26.2. The van der Waals surface area contributed by atoms with Gasteiger partial charge < -0.3 is 20.3 Å². The zero-order valence-corrected chi connectivity index (χ0v) is 11.8. The average Bonchev–Trinajstić information content (AvgIpc) is 2.75. The Kier molecular flexibility index (Phi) is 4.49. The molecule has 21 heavy (non-hydrogen) atoms. The summed E-state index contributed by atoms with van der Waals surface area (Å²) in [5.41, 5.74) is 5.99. The van der Waals surface area contributed by atoms with Gasteiger partial charge in [-0.25, -0.2) is 4.79 Å². The molecule has 1 aromatic carbocycles. The highest BCUT2D eigenvalue weighted by molar-refractivity contribution is 8.18. The molecule has 0 saturated carbocycles. The van der Waals surface area contributed by atoms with Crippen LogP contribution in [0.1, 0.15) is 5.56 Å². The first-order valence-corrected chi connectivity index (χ1v) is 6.62. The van der Waals surface area contributed by atoms with Crippen LogP contribution < -0.4 is 15.2 Å². The van der Waals surface area contributed by atoms with Crippen LogP contribution in [0.4, 0.5) is 0 Å². The number of amidine groups is 1. The first-order valence-electron chi connectivity index (χ1n) is 5.81. The van der Waals surface area contributed by atoms with Crippen LogP contribution >= 0.6 is 11.8 Å². The quantitative estimate of drug-likeness (QED) is 0.783. The van der Waals surface area contributed by atoms with E-state index in [4.69, 9.17) is 20.3 Å². The molecule has 0 saturated heterocycles. The van der Waals surface area contributed by atoms with Crippen molar-refractivity contribution in [2.75, 3.05) is 13.7 Å². The third-order valence-corrected chi connectivity index (χ3v) is 3.31. The van der Waals surface area contributed by atoms with Gasteiger partial charge in [-0.05, 0) is 23.9 Å². The maximum absolute atomic E-state index is 11.6. The van der Waals surface area contributed by atoms with Crippen molar-refractivity contribution in [3.63, 3.8) is 0 Å². The Morgan fingerprint density at radius 2 is 2.29 bits per heavy atom. The number of methoxy groups -OCH3 is 1. The van der Waals surface area contributed by atoms with Crippen LogP contribution in [0, 0.1) is 0 Å². The van der Waals surface area contributed by atoms with Crippen molar-refractivity contribution in [1.29, 1.82) is 0 Å². The van der Waals surface area contributed by atoms with Gasteiger partial charge in [-0.3, -0.25) is 4.79 Å². The highest BCUT2D eigenvalue weighted by Crippen LogP contribution is 2.35. The van der Waals surface area contributed by atoms with Gasteiger partial charge in [-0.1, -0.05) is 12.1 Å². The van der Waals surface area contributed by atoms with Crippen LogP contribution in [0.3, 0.4) is 0 Å². The first-order chi connectivity index (χ1) is 10.0. The van der Waals surface area contributed by atoms with Gasteiger partial charge in [0.25, 0.3) is 5.91 Å². The molecule has 3 N–H and O–H groups in total. The lowest BCUT2D eigenvalue weighted by atomic mass is 10.1. The minimum absolute atomic E-state index is 0.169. The Balaban J connectivity index is 2.37. The molecule has 0 radical (unpaired) electrons. The third-order valence-electron chi connectivity index (χ3n) is 2.49. The molecule has 1 aliphatic rings. The van der Waals surface area contributed by atoms with E-state index in [0.717, 1.165) is 11.8 Å². The molecule has 0 unspecified atom stereocenters. The van der Waals surface area contributed by atoms with Crippen molar-refractivity contribution >= 4 is 34.9 Å². The molecule has 2 rings (SSSR count).